The van der Waals surface area contributed by atoms with Crippen molar-refractivity contribution in [1.29, 1.82) is 0 Å². The Hall–Kier alpha value is -3.96. The maximum atomic E-state index is 13.4. The Bertz CT molecular complexity index is 1080. The number of carbonyl (C=O) groups is 4. The van der Waals surface area contributed by atoms with Crippen LogP contribution in [-0.2, 0) is 32.0 Å². The van der Waals surface area contributed by atoms with Crippen molar-refractivity contribution < 1.29 is 34.5 Å². The van der Waals surface area contributed by atoms with Crippen molar-refractivity contribution in [2.45, 2.75) is 57.3 Å². The molecule has 0 fully saturated rings. The molecular weight excluding hydrogens is 492 g/mol. The van der Waals surface area contributed by atoms with Crippen molar-refractivity contribution in [3.8, 4) is 5.75 Å². The van der Waals surface area contributed by atoms with E-state index in [1.54, 1.807) is 42.5 Å². The van der Waals surface area contributed by atoms with E-state index >= 15 is 0 Å². The number of rotatable bonds is 14. The summed E-state index contributed by atoms with van der Waals surface area (Å²) < 4.78 is 0. The van der Waals surface area contributed by atoms with Crippen LogP contribution in [0.5, 0.6) is 5.75 Å². The lowest BCUT2D eigenvalue weighted by Crippen LogP contribution is -2.58. The molecule has 38 heavy (non-hydrogen) atoms. The summed E-state index contributed by atoms with van der Waals surface area (Å²) in [5, 5.41) is 35.7. The van der Waals surface area contributed by atoms with Crippen molar-refractivity contribution in [1.82, 2.24) is 16.0 Å². The Balaban J connectivity index is 2.31. The molecule has 3 amide bonds. The Labute approximate surface area is 221 Å². The molecular formula is C27H36N4O7. The van der Waals surface area contributed by atoms with Crippen LogP contribution < -0.4 is 21.7 Å². The van der Waals surface area contributed by atoms with E-state index in [0.717, 1.165) is 0 Å². The third-order valence-electron chi connectivity index (χ3n) is 6.28. The zero-order valence-electron chi connectivity index (χ0n) is 21.5. The van der Waals surface area contributed by atoms with Gasteiger partial charge in [-0.1, -0.05) is 62.7 Å². The van der Waals surface area contributed by atoms with Crippen molar-refractivity contribution in [2.24, 2.45) is 11.7 Å². The monoisotopic (exact) mass is 528 g/mol. The molecule has 11 heteroatoms. The molecule has 5 atom stereocenters. The number of aromatic hydroxyl groups is 1. The van der Waals surface area contributed by atoms with Gasteiger partial charge in [-0.25, -0.2) is 4.79 Å². The highest BCUT2D eigenvalue weighted by atomic mass is 16.4. The van der Waals surface area contributed by atoms with Crippen LogP contribution >= 0.6 is 0 Å². The summed E-state index contributed by atoms with van der Waals surface area (Å²) in [5.41, 5.74) is 7.39. The number of hydrogen-bond acceptors (Lipinski definition) is 7. The molecule has 2 rings (SSSR count). The number of aliphatic carboxylic acids is 1. The summed E-state index contributed by atoms with van der Waals surface area (Å²) in [6, 6.07) is 10.1. The van der Waals surface area contributed by atoms with Gasteiger partial charge in [0.2, 0.25) is 17.7 Å². The van der Waals surface area contributed by atoms with Crippen LogP contribution in [0.15, 0.2) is 54.6 Å². The van der Waals surface area contributed by atoms with Gasteiger partial charge in [-0.3, -0.25) is 14.4 Å². The number of amides is 3. The second-order valence-corrected chi connectivity index (χ2v) is 9.18. The normalized spacial score (nSPS) is 14.8. The fraction of sp³-hybridized carbons (Fsp3) is 0.407. The summed E-state index contributed by atoms with van der Waals surface area (Å²) in [7, 11) is 0. The van der Waals surface area contributed by atoms with Gasteiger partial charge in [0.1, 0.15) is 23.9 Å². The van der Waals surface area contributed by atoms with Gasteiger partial charge in [0, 0.05) is 12.8 Å². The van der Waals surface area contributed by atoms with Crippen LogP contribution in [-0.4, -0.2) is 69.8 Å². The third kappa shape index (κ3) is 9.16. The van der Waals surface area contributed by atoms with E-state index in [2.05, 4.69) is 16.0 Å². The van der Waals surface area contributed by atoms with Crippen LogP contribution in [0.2, 0.25) is 0 Å². The fourth-order valence-electron chi connectivity index (χ4n) is 3.65. The number of hydrogen-bond donors (Lipinski definition) is 7. The molecule has 2 aromatic rings. The molecule has 0 bridgehead atoms. The van der Waals surface area contributed by atoms with Gasteiger partial charge in [-0.05, 0) is 29.2 Å². The lowest BCUT2D eigenvalue weighted by molar-refractivity contribution is -0.143. The van der Waals surface area contributed by atoms with Gasteiger partial charge in [-0.15, -0.1) is 0 Å². The largest absolute Gasteiger partial charge is 0.508 e. The topological polar surface area (TPSA) is 191 Å². The van der Waals surface area contributed by atoms with Crippen LogP contribution in [0.4, 0.5) is 0 Å². The first-order valence-corrected chi connectivity index (χ1v) is 12.4. The molecule has 11 nitrogen and oxygen atoms in total. The summed E-state index contributed by atoms with van der Waals surface area (Å²) in [4.78, 5) is 50.6. The summed E-state index contributed by atoms with van der Waals surface area (Å²) in [5.74, 6) is -3.57. The van der Waals surface area contributed by atoms with E-state index < -0.39 is 54.5 Å². The van der Waals surface area contributed by atoms with E-state index in [1.807, 2.05) is 13.8 Å². The number of phenolic OH excluding ortho intramolecular Hbond substituents is 1. The Morgan fingerprint density at radius 3 is 1.74 bits per heavy atom. The lowest BCUT2D eigenvalue weighted by atomic mass is 9.98. The average molecular weight is 529 g/mol. The van der Waals surface area contributed by atoms with Gasteiger partial charge in [0.05, 0.1) is 12.6 Å². The lowest BCUT2D eigenvalue weighted by Gasteiger charge is -2.26. The summed E-state index contributed by atoms with van der Waals surface area (Å²) >= 11 is 0. The van der Waals surface area contributed by atoms with E-state index in [1.165, 1.54) is 12.1 Å². The predicted molar refractivity (Wildman–Crippen MR) is 140 cm³/mol. The molecule has 0 aliphatic carbocycles. The van der Waals surface area contributed by atoms with Crippen LogP contribution in [0, 0.1) is 5.92 Å². The van der Waals surface area contributed by atoms with Crippen LogP contribution in [0.1, 0.15) is 31.4 Å². The van der Waals surface area contributed by atoms with Gasteiger partial charge < -0.3 is 37.0 Å². The van der Waals surface area contributed by atoms with Crippen LogP contribution in [0.25, 0.3) is 0 Å². The molecule has 0 aromatic heterocycles. The molecule has 0 aliphatic heterocycles. The molecule has 0 saturated heterocycles. The Morgan fingerprint density at radius 1 is 0.789 bits per heavy atom. The Morgan fingerprint density at radius 2 is 1.26 bits per heavy atom. The smallest absolute Gasteiger partial charge is 0.328 e. The highest BCUT2D eigenvalue weighted by Gasteiger charge is 2.31. The minimum atomic E-state index is -1.56. The number of carboxylic acid groups (broad SMARTS) is 1. The SMILES string of the molecule is CCC(C)C(N)C(=O)NC(Cc1ccc(O)cc1)C(=O)NC(Cc1ccccc1)C(=O)NC(CO)C(=O)O. The minimum absolute atomic E-state index is 0.0302. The predicted octanol–water partition coefficient (Wildman–Crippen LogP) is 0.0821. The highest BCUT2D eigenvalue weighted by Crippen LogP contribution is 2.13. The highest BCUT2D eigenvalue weighted by molar-refractivity contribution is 5.94. The second-order valence-electron chi connectivity index (χ2n) is 9.18. The molecule has 0 saturated carbocycles. The van der Waals surface area contributed by atoms with Crippen molar-refractivity contribution in [3.05, 3.63) is 65.7 Å². The van der Waals surface area contributed by atoms with Crippen molar-refractivity contribution >= 4 is 23.7 Å². The third-order valence-corrected chi connectivity index (χ3v) is 6.28. The van der Waals surface area contributed by atoms with Crippen molar-refractivity contribution in [2.75, 3.05) is 6.61 Å². The first-order chi connectivity index (χ1) is 18.0. The minimum Gasteiger partial charge on any atom is -0.508 e. The maximum Gasteiger partial charge on any atom is 0.328 e. The van der Waals surface area contributed by atoms with Gasteiger partial charge in [0.25, 0.3) is 0 Å². The number of carboxylic acids is 1. The molecule has 0 heterocycles. The first kappa shape index (κ1) is 30.3. The number of nitrogens with one attached hydrogen (secondary N) is 3. The molecule has 8 N–H and O–H groups in total. The van der Waals surface area contributed by atoms with Gasteiger partial charge in [0.15, 0.2) is 0 Å². The maximum absolute atomic E-state index is 13.4. The summed E-state index contributed by atoms with van der Waals surface area (Å²) in [6.07, 6.45) is 0.722. The Kier molecular flexibility index (Phi) is 11.7. The quantitative estimate of drug-likeness (QED) is 0.179. The summed E-state index contributed by atoms with van der Waals surface area (Å²) in [6.45, 7) is 2.88. The number of benzene rings is 2. The molecule has 2 aromatic carbocycles. The zero-order chi connectivity index (χ0) is 28.2. The average Bonchev–Trinajstić information content (AvgIpc) is 2.91. The molecule has 0 aliphatic rings. The first-order valence-electron chi connectivity index (χ1n) is 12.4. The molecule has 0 radical (unpaired) electrons. The van der Waals surface area contributed by atoms with Gasteiger partial charge >= 0.3 is 5.97 Å². The van der Waals surface area contributed by atoms with Gasteiger partial charge in [-0.2, -0.15) is 0 Å². The van der Waals surface area contributed by atoms with E-state index in [4.69, 9.17) is 5.73 Å². The zero-order valence-corrected chi connectivity index (χ0v) is 21.5. The number of carbonyl (C=O) groups excluding carboxylic acids is 3. The van der Waals surface area contributed by atoms with E-state index in [9.17, 15) is 34.5 Å². The standard InChI is InChI=1S/C27H36N4O7/c1-3-16(2)23(28)26(36)30-21(14-18-9-11-19(33)12-10-18)24(34)29-20(13-17-7-5-4-6-8-17)25(35)31-22(15-32)27(37)38/h4-12,16,20-23,32-33H,3,13-15,28H2,1-2H3,(H,29,34)(H,30,36)(H,31,35)(H,37,38). The second kappa shape index (κ2) is 14.7. The van der Waals surface area contributed by atoms with Crippen LogP contribution in [0.3, 0.4) is 0 Å². The van der Waals surface area contributed by atoms with E-state index in [-0.39, 0.29) is 24.5 Å². The number of aliphatic hydroxyl groups is 1. The molecule has 5 unspecified atom stereocenters. The fourth-order valence-corrected chi connectivity index (χ4v) is 3.65. The molecule has 206 valence electrons. The van der Waals surface area contributed by atoms with E-state index in [0.29, 0.717) is 17.5 Å². The number of phenols is 1. The van der Waals surface area contributed by atoms with Crippen molar-refractivity contribution in [3.63, 3.8) is 0 Å². The number of nitrogens with two attached hydrogens (primary N) is 1. The number of aliphatic hydroxyl groups excluding tert-OH is 1. The molecule has 0 spiro atoms.